The van der Waals surface area contributed by atoms with Crippen LogP contribution in [-0.2, 0) is 4.79 Å². The van der Waals surface area contributed by atoms with E-state index in [0.717, 1.165) is 12.8 Å². The Morgan fingerprint density at radius 2 is 1.84 bits per heavy atom. The lowest BCUT2D eigenvalue weighted by Gasteiger charge is -2.33. The molecule has 2 heterocycles. The number of aromatic nitrogens is 1. The van der Waals surface area contributed by atoms with Gasteiger partial charge < -0.3 is 14.6 Å². The van der Waals surface area contributed by atoms with Crippen LogP contribution in [0.5, 0.6) is 0 Å². The number of likely N-dealkylation sites (tertiary alicyclic amines) is 1. The van der Waals surface area contributed by atoms with E-state index in [0.29, 0.717) is 35.5 Å². The molecule has 4 rings (SSSR count). The molecule has 1 N–H and O–H groups in total. The fraction of sp³-hybridized carbons (Fsp3) is 0.320. The molecular formula is C25H26FN3O3. The van der Waals surface area contributed by atoms with Gasteiger partial charge in [0.25, 0.3) is 5.91 Å². The molecule has 6 nitrogen and oxygen atoms in total. The van der Waals surface area contributed by atoms with Crippen molar-refractivity contribution >= 4 is 11.8 Å². The molecule has 1 aliphatic rings. The van der Waals surface area contributed by atoms with Crippen molar-refractivity contribution in [3.63, 3.8) is 0 Å². The number of oxazole rings is 1. The fourth-order valence-electron chi connectivity index (χ4n) is 3.86. The molecule has 2 aromatic carbocycles. The Morgan fingerprint density at radius 1 is 1.12 bits per heavy atom. The second-order valence-corrected chi connectivity index (χ2v) is 8.31. The minimum absolute atomic E-state index is 0.00911. The van der Waals surface area contributed by atoms with Crippen molar-refractivity contribution in [2.75, 3.05) is 13.1 Å². The van der Waals surface area contributed by atoms with Crippen LogP contribution in [0, 0.1) is 11.7 Å². The van der Waals surface area contributed by atoms with Crippen LogP contribution in [0.15, 0.2) is 59.1 Å². The summed E-state index contributed by atoms with van der Waals surface area (Å²) in [7, 11) is 0. The highest BCUT2D eigenvalue weighted by Gasteiger charge is 2.28. The van der Waals surface area contributed by atoms with Crippen LogP contribution in [0.4, 0.5) is 4.39 Å². The van der Waals surface area contributed by atoms with Crippen molar-refractivity contribution in [1.29, 1.82) is 0 Å². The molecule has 1 saturated heterocycles. The normalized spacial score (nSPS) is 16.2. The van der Waals surface area contributed by atoms with E-state index in [2.05, 4.69) is 10.3 Å². The molecule has 166 valence electrons. The lowest BCUT2D eigenvalue weighted by Crippen LogP contribution is -2.50. The van der Waals surface area contributed by atoms with Crippen molar-refractivity contribution in [3.8, 4) is 22.8 Å². The molecule has 0 saturated carbocycles. The highest BCUT2D eigenvalue weighted by Crippen LogP contribution is 2.30. The highest BCUT2D eigenvalue weighted by molar-refractivity contribution is 6.00. The van der Waals surface area contributed by atoms with Crippen molar-refractivity contribution in [3.05, 3.63) is 66.1 Å². The average molecular weight is 435 g/mol. The third-order valence-corrected chi connectivity index (χ3v) is 5.61. The monoisotopic (exact) mass is 435 g/mol. The van der Waals surface area contributed by atoms with Crippen molar-refractivity contribution in [1.82, 2.24) is 15.2 Å². The molecule has 1 atom stereocenters. The van der Waals surface area contributed by atoms with Crippen molar-refractivity contribution in [2.45, 2.75) is 32.7 Å². The van der Waals surface area contributed by atoms with Crippen molar-refractivity contribution < 1.29 is 18.4 Å². The standard InChI is InChI=1S/C25H26FN3O3/c1-16(2)23(30)28-17-8-7-13-29(15-17)25(31)19-10-4-3-9-18(19)24-27-14-22(32-24)20-11-5-6-12-21(20)26/h3-6,9-12,14,16-17H,7-8,13,15H2,1-2H3,(H,28,30). The summed E-state index contributed by atoms with van der Waals surface area (Å²) in [5.41, 5.74) is 1.33. The number of hydrogen-bond donors (Lipinski definition) is 1. The quantitative estimate of drug-likeness (QED) is 0.639. The summed E-state index contributed by atoms with van der Waals surface area (Å²) in [5.74, 6) is -0.0959. The van der Waals surface area contributed by atoms with E-state index < -0.39 is 5.82 Å². The number of halogens is 1. The number of carbonyl (C=O) groups excluding carboxylic acids is 2. The zero-order valence-electron chi connectivity index (χ0n) is 18.2. The Labute approximate surface area is 186 Å². The summed E-state index contributed by atoms with van der Waals surface area (Å²) < 4.78 is 20.0. The van der Waals surface area contributed by atoms with Crippen LogP contribution in [0.2, 0.25) is 0 Å². The van der Waals surface area contributed by atoms with Crippen LogP contribution in [0.3, 0.4) is 0 Å². The molecule has 1 aromatic heterocycles. The maximum atomic E-state index is 14.1. The van der Waals surface area contributed by atoms with Gasteiger partial charge >= 0.3 is 0 Å². The molecular weight excluding hydrogens is 409 g/mol. The van der Waals surface area contributed by atoms with Gasteiger partial charge in [-0.1, -0.05) is 38.1 Å². The largest absolute Gasteiger partial charge is 0.436 e. The SMILES string of the molecule is CC(C)C(=O)NC1CCCN(C(=O)c2ccccc2-c2ncc(-c3ccccc3F)o2)C1. The minimum atomic E-state index is -0.401. The molecule has 0 radical (unpaired) electrons. The van der Waals surface area contributed by atoms with Gasteiger partial charge in [0, 0.05) is 30.6 Å². The van der Waals surface area contributed by atoms with Crippen LogP contribution in [-0.4, -0.2) is 40.8 Å². The predicted molar refractivity (Wildman–Crippen MR) is 119 cm³/mol. The van der Waals surface area contributed by atoms with Gasteiger partial charge in [0.05, 0.1) is 17.3 Å². The fourth-order valence-corrected chi connectivity index (χ4v) is 3.86. The Kier molecular flexibility index (Phi) is 6.35. The van der Waals surface area contributed by atoms with Crippen LogP contribution >= 0.6 is 0 Å². The molecule has 3 aromatic rings. The third-order valence-electron chi connectivity index (χ3n) is 5.61. The van der Waals surface area contributed by atoms with E-state index in [1.54, 1.807) is 47.4 Å². The topological polar surface area (TPSA) is 75.4 Å². The lowest BCUT2D eigenvalue weighted by molar-refractivity contribution is -0.125. The molecule has 0 bridgehead atoms. The Morgan fingerprint density at radius 3 is 2.59 bits per heavy atom. The first-order valence-electron chi connectivity index (χ1n) is 10.8. The van der Waals surface area contributed by atoms with E-state index in [9.17, 15) is 14.0 Å². The lowest BCUT2D eigenvalue weighted by atomic mass is 10.0. The predicted octanol–water partition coefficient (Wildman–Crippen LogP) is 4.52. The summed E-state index contributed by atoms with van der Waals surface area (Å²) in [6.45, 7) is 4.78. The van der Waals surface area contributed by atoms with Gasteiger partial charge in [-0.3, -0.25) is 9.59 Å². The van der Waals surface area contributed by atoms with Gasteiger partial charge in [0.1, 0.15) is 5.82 Å². The van der Waals surface area contributed by atoms with Gasteiger partial charge in [0.2, 0.25) is 11.8 Å². The van der Waals surface area contributed by atoms with Gasteiger partial charge in [-0.05, 0) is 37.1 Å². The number of piperidine rings is 1. The zero-order chi connectivity index (χ0) is 22.7. The number of carbonyl (C=O) groups is 2. The Hall–Kier alpha value is -3.48. The number of amides is 2. The van der Waals surface area contributed by atoms with Crippen molar-refractivity contribution in [2.24, 2.45) is 5.92 Å². The number of benzene rings is 2. The molecule has 0 aliphatic carbocycles. The van der Waals surface area contributed by atoms with E-state index >= 15 is 0 Å². The molecule has 7 heteroatoms. The smallest absolute Gasteiger partial charge is 0.254 e. The van der Waals surface area contributed by atoms with E-state index in [1.807, 2.05) is 13.8 Å². The van der Waals surface area contributed by atoms with E-state index in [1.165, 1.54) is 12.3 Å². The first kappa shape index (κ1) is 21.7. The average Bonchev–Trinajstić information content (AvgIpc) is 3.29. The van der Waals surface area contributed by atoms with Gasteiger partial charge in [-0.25, -0.2) is 9.37 Å². The summed E-state index contributed by atoms with van der Waals surface area (Å²) in [4.78, 5) is 31.5. The number of nitrogens with zero attached hydrogens (tertiary/aromatic N) is 2. The summed E-state index contributed by atoms with van der Waals surface area (Å²) in [6.07, 6.45) is 3.12. The molecule has 1 fully saturated rings. The minimum Gasteiger partial charge on any atom is -0.436 e. The Bertz CT molecular complexity index is 1120. The van der Waals surface area contributed by atoms with Crippen LogP contribution in [0.25, 0.3) is 22.8 Å². The van der Waals surface area contributed by atoms with Gasteiger partial charge in [0.15, 0.2) is 5.76 Å². The maximum absolute atomic E-state index is 14.1. The number of rotatable bonds is 5. The first-order chi connectivity index (χ1) is 15.4. The number of nitrogens with one attached hydrogen (secondary N) is 1. The summed E-state index contributed by atoms with van der Waals surface area (Å²) in [6, 6.07) is 13.4. The summed E-state index contributed by atoms with van der Waals surface area (Å²) >= 11 is 0. The molecule has 0 spiro atoms. The third kappa shape index (κ3) is 4.56. The second kappa shape index (κ2) is 9.34. The second-order valence-electron chi connectivity index (χ2n) is 8.31. The Balaban J connectivity index is 1.57. The first-order valence-corrected chi connectivity index (χ1v) is 10.8. The molecule has 32 heavy (non-hydrogen) atoms. The maximum Gasteiger partial charge on any atom is 0.254 e. The van der Waals surface area contributed by atoms with Crippen LogP contribution < -0.4 is 5.32 Å². The van der Waals surface area contributed by atoms with Gasteiger partial charge in [-0.15, -0.1) is 0 Å². The highest BCUT2D eigenvalue weighted by atomic mass is 19.1. The zero-order valence-corrected chi connectivity index (χ0v) is 18.2. The van der Waals surface area contributed by atoms with E-state index in [-0.39, 0.29) is 29.7 Å². The molecule has 2 amide bonds. The van der Waals surface area contributed by atoms with Crippen LogP contribution in [0.1, 0.15) is 37.0 Å². The molecule has 1 aliphatic heterocycles. The number of hydrogen-bond acceptors (Lipinski definition) is 4. The van der Waals surface area contributed by atoms with Gasteiger partial charge in [-0.2, -0.15) is 0 Å². The van der Waals surface area contributed by atoms with E-state index in [4.69, 9.17) is 4.42 Å². The summed E-state index contributed by atoms with van der Waals surface area (Å²) in [5, 5.41) is 3.03. The molecule has 1 unspecified atom stereocenters.